The van der Waals surface area contributed by atoms with Gasteiger partial charge in [0.1, 0.15) is 18.3 Å². The molecule has 0 aliphatic rings. The number of aryl methyl sites for hydroxylation is 3. The summed E-state index contributed by atoms with van der Waals surface area (Å²) in [5, 5.41) is 11.8. The fraction of sp³-hybridized carbons (Fsp3) is 0.286. The number of carbonyl (C=O) groups excluding carboxylic acids is 1. The largest absolute Gasteiger partial charge is 0.479 e. The Balaban J connectivity index is 1.49. The molecule has 0 unspecified atom stereocenters. The molecule has 1 N–H and O–H groups in total. The van der Waals surface area contributed by atoms with E-state index in [4.69, 9.17) is 4.74 Å². The summed E-state index contributed by atoms with van der Waals surface area (Å²) in [4.78, 5) is 20.9. The highest BCUT2D eigenvalue weighted by Crippen LogP contribution is 2.30. The first-order valence-electron chi connectivity index (χ1n) is 9.70. The van der Waals surface area contributed by atoms with Crippen molar-refractivity contribution in [3.8, 4) is 11.6 Å². The molecule has 0 spiro atoms. The first-order valence-corrected chi connectivity index (χ1v) is 9.70. The third kappa shape index (κ3) is 3.83. The van der Waals surface area contributed by atoms with E-state index in [9.17, 15) is 9.18 Å². The number of carbonyl (C=O) groups is 1. The number of pyridine rings is 1. The highest BCUT2D eigenvalue weighted by atomic mass is 19.1. The molecule has 10 heteroatoms. The second-order valence-electron chi connectivity index (χ2n) is 7.19. The zero-order valence-electron chi connectivity index (χ0n) is 17.7. The van der Waals surface area contributed by atoms with Gasteiger partial charge in [-0.2, -0.15) is 5.10 Å². The first-order chi connectivity index (χ1) is 14.9. The Morgan fingerprint density at radius 2 is 2.10 bits per heavy atom. The molecule has 0 saturated heterocycles. The summed E-state index contributed by atoms with van der Waals surface area (Å²) in [6.45, 7) is 3.89. The summed E-state index contributed by atoms with van der Waals surface area (Å²) in [5.74, 6) is -0.214. The summed E-state index contributed by atoms with van der Waals surface area (Å²) in [6, 6.07) is 4.43. The molecule has 0 aliphatic heterocycles. The molecule has 3 aromatic heterocycles. The lowest BCUT2D eigenvalue weighted by molar-refractivity contribution is -0.116. The number of halogens is 1. The number of rotatable bonds is 6. The maximum absolute atomic E-state index is 14.4. The standard InChI is InChI=1S/C21H22FN7O2/c1-12-15(13(2)25-20-19(12)21(31-4)27-28(20)3)6-8-18(30)26-14-5-7-17(16(22)9-14)29-11-23-10-24-29/h5,7,9-11H,6,8H2,1-4H3,(H,26,30). The highest BCUT2D eigenvalue weighted by molar-refractivity contribution is 5.91. The molecule has 4 rings (SSSR count). The smallest absolute Gasteiger partial charge is 0.242 e. The lowest BCUT2D eigenvalue weighted by Gasteiger charge is -2.12. The molecule has 1 aromatic carbocycles. The summed E-state index contributed by atoms with van der Waals surface area (Å²) >= 11 is 0. The number of hydrogen-bond donors (Lipinski definition) is 1. The molecule has 9 nitrogen and oxygen atoms in total. The van der Waals surface area contributed by atoms with Crippen molar-refractivity contribution in [3.63, 3.8) is 0 Å². The van der Waals surface area contributed by atoms with Crippen LogP contribution in [0.1, 0.15) is 23.2 Å². The zero-order valence-corrected chi connectivity index (χ0v) is 17.7. The van der Waals surface area contributed by atoms with Crippen molar-refractivity contribution in [1.29, 1.82) is 0 Å². The molecule has 0 bridgehead atoms. The van der Waals surface area contributed by atoms with Gasteiger partial charge in [-0.25, -0.2) is 23.7 Å². The molecule has 0 saturated carbocycles. The van der Waals surface area contributed by atoms with Crippen LogP contribution in [-0.2, 0) is 18.3 Å². The predicted octanol–water partition coefficient (Wildman–Crippen LogP) is 2.88. The van der Waals surface area contributed by atoms with Crippen molar-refractivity contribution in [3.05, 3.63) is 53.5 Å². The minimum atomic E-state index is -0.506. The number of ether oxygens (including phenoxy) is 1. The summed E-state index contributed by atoms with van der Waals surface area (Å²) in [5.41, 5.74) is 4.17. The number of benzene rings is 1. The Morgan fingerprint density at radius 1 is 1.29 bits per heavy atom. The molecule has 4 aromatic rings. The fourth-order valence-corrected chi connectivity index (χ4v) is 3.67. The van der Waals surface area contributed by atoms with Gasteiger partial charge < -0.3 is 10.1 Å². The average molecular weight is 423 g/mol. The van der Waals surface area contributed by atoms with Crippen LogP contribution in [0.2, 0.25) is 0 Å². The number of anilines is 1. The Morgan fingerprint density at radius 3 is 2.77 bits per heavy atom. The SMILES string of the molecule is COc1nn(C)c2nc(C)c(CCC(=O)Nc3ccc(-n4cncn4)c(F)c3)c(C)c12. The zero-order chi connectivity index (χ0) is 22.1. The number of nitrogens with zero attached hydrogens (tertiary/aromatic N) is 6. The molecule has 0 aliphatic carbocycles. The van der Waals surface area contributed by atoms with E-state index in [0.717, 1.165) is 27.9 Å². The molecule has 0 atom stereocenters. The predicted molar refractivity (Wildman–Crippen MR) is 113 cm³/mol. The fourth-order valence-electron chi connectivity index (χ4n) is 3.67. The molecule has 31 heavy (non-hydrogen) atoms. The van der Waals surface area contributed by atoms with Crippen LogP contribution < -0.4 is 10.1 Å². The van der Waals surface area contributed by atoms with E-state index in [2.05, 4.69) is 25.5 Å². The summed E-state index contributed by atoms with van der Waals surface area (Å²) in [6.07, 6.45) is 3.45. The van der Waals surface area contributed by atoms with Crippen LogP contribution in [0, 0.1) is 19.7 Å². The van der Waals surface area contributed by atoms with E-state index in [0.29, 0.717) is 18.0 Å². The normalized spacial score (nSPS) is 11.1. The Labute approximate surface area is 177 Å². The van der Waals surface area contributed by atoms with E-state index in [1.54, 1.807) is 23.9 Å². The van der Waals surface area contributed by atoms with Crippen LogP contribution in [0.25, 0.3) is 16.7 Å². The average Bonchev–Trinajstić information content (AvgIpc) is 3.36. The van der Waals surface area contributed by atoms with Crippen LogP contribution in [0.5, 0.6) is 5.88 Å². The number of nitrogens with one attached hydrogen (secondary N) is 1. The van der Waals surface area contributed by atoms with Gasteiger partial charge in [-0.15, -0.1) is 5.10 Å². The van der Waals surface area contributed by atoms with Crippen LogP contribution in [0.15, 0.2) is 30.9 Å². The van der Waals surface area contributed by atoms with Gasteiger partial charge in [-0.3, -0.25) is 4.79 Å². The number of amides is 1. The van der Waals surface area contributed by atoms with E-state index < -0.39 is 5.82 Å². The molecular weight excluding hydrogens is 401 g/mol. The summed E-state index contributed by atoms with van der Waals surface area (Å²) in [7, 11) is 3.39. The molecule has 1 amide bonds. The van der Waals surface area contributed by atoms with E-state index in [1.807, 2.05) is 20.9 Å². The maximum Gasteiger partial charge on any atom is 0.242 e. The first kappa shape index (κ1) is 20.5. The van der Waals surface area contributed by atoms with Gasteiger partial charge in [0, 0.05) is 24.8 Å². The highest BCUT2D eigenvalue weighted by Gasteiger charge is 2.18. The monoisotopic (exact) mass is 423 g/mol. The van der Waals surface area contributed by atoms with Crippen LogP contribution >= 0.6 is 0 Å². The number of aromatic nitrogens is 6. The third-order valence-corrected chi connectivity index (χ3v) is 5.22. The number of hydrogen-bond acceptors (Lipinski definition) is 6. The van der Waals surface area contributed by atoms with Gasteiger partial charge in [0.05, 0.1) is 12.5 Å². The Bertz CT molecular complexity index is 1260. The lowest BCUT2D eigenvalue weighted by atomic mass is 10.00. The van der Waals surface area contributed by atoms with Crippen LogP contribution in [0.3, 0.4) is 0 Å². The molecule has 160 valence electrons. The van der Waals surface area contributed by atoms with Crippen LogP contribution in [-0.4, -0.2) is 42.5 Å². The van der Waals surface area contributed by atoms with Crippen molar-refractivity contribution in [2.24, 2.45) is 7.05 Å². The Hall–Kier alpha value is -3.82. The number of fused-ring (bicyclic) bond motifs is 1. The minimum Gasteiger partial charge on any atom is -0.479 e. The Kier molecular flexibility index (Phi) is 5.37. The number of methoxy groups -OCH3 is 1. The van der Waals surface area contributed by atoms with Crippen molar-refractivity contribution in [2.75, 3.05) is 12.4 Å². The van der Waals surface area contributed by atoms with Gasteiger partial charge >= 0.3 is 0 Å². The summed E-state index contributed by atoms with van der Waals surface area (Å²) < 4.78 is 22.8. The van der Waals surface area contributed by atoms with E-state index in [-0.39, 0.29) is 18.0 Å². The van der Waals surface area contributed by atoms with Crippen molar-refractivity contribution in [1.82, 2.24) is 29.5 Å². The van der Waals surface area contributed by atoms with Gasteiger partial charge in [0.15, 0.2) is 11.5 Å². The molecule has 0 radical (unpaired) electrons. The van der Waals surface area contributed by atoms with Gasteiger partial charge in [-0.1, -0.05) is 0 Å². The minimum absolute atomic E-state index is 0.218. The van der Waals surface area contributed by atoms with E-state index >= 15 is 0 Å². The van der Waals surface area contributed by atoms with Crippen molar-refractivity contribution >= 4 is 22.6 Å². The molecule has 0 fully saturated rings. The van der Waals surface area contributed by atoms with E-state index in [1.165, 1.54) is 23.4 Å². The van der Waals surface area contributed by atoms with Gasteiger partial charge in [-0.05, 0) is 49.6 Å². The van der Waals surface area contributed by atoms with Gasteiger partial charge in [0.25, 0.3) is 0 Å². The quantitative estimate of drug-likeness (QED) is 0.512. The second kappa shape index (κ2) is 8.13. The lowest BCUT2D eigenvalue weighted by Crippen LogP contribution is -2.14. The van der Waals surface area contributed by atoms with Crippen molar-refractivity contribution < 1.29 is 13.9 Å². The van der Waals surface area contributed by atoms with Gasteiger partial charge in [0.2, 0.25) is 11.8 Å². The topological polar surface area (TPSA) is 99.8 Å². The maximum atomic E-state index is 14.4. The second-order valence-corrected chi connectivity index (χ2v) is 7.19. The van der Waals surface area contributed by atoms with Crippen LogP contribution in [0.4, 0.5) is 10.1 Å². The third-order valence-electron chi connectivity index (χ3n) is 5.22. The molecule has 3 heterocycles. The van der Waals surface area contributed by atoms with Crippen molar-refractivity contribution in [2.45, 2.75) is 26.7 Å². The molecular formula is C21H22FN7O2.